The van der Waals surface area contributed by atoms with Gasteiger partial charge in [0.15, 0.2) is 0 Å². The molecule has 0 aliphatic rings. The zero-order valence-electron chi connectivity index (χ0n) is 8.58. The van der Waals surface area contributed by atoms with Crippen molar-refractivity contribution in [1.29, 1.82) is 0 Å². The number of nitrogens with zero attached hydrogens (tertiary/aromatic N) is 2. The molecule has 0 saturated carbocycles. The predicted molar refractivity (Wildman–Crippen MR) is 54.4 cm³/mol. The molecule has 1 aromatic heterocycles. The molecular formula is C10H19N3. The Balaban J connectivity index is 2.10. The van der Waals surface area contributed by atoms with Crippen molar-refractivity contribution in [2.24, 2.45) is 7.05 Å². The molecule has 1 heterocycles. The Kier molecular flexibility index (Phi) is 4.54. The summed E-state index contributed by atoms with van der Waals surface area (Å²) in [7, 11) is 1.98. The smallest absolute Gasteiger partial charge is 0.0518 e. The van der Waals surface area contributed by atoms with E-state index in [1.165, 1.54) is 25.0 Å². The van der Waals surface area contributed by atoms with Gasteiger partial charge in [-0.15, -0.1) is 0 Å². The van der Waals surface area contributed by atoms with E-state index in [1.54, 1.807) is 0 Å². The van der Waals surface area contributed by atoms with E-state index in [4.69, 9.17) is 0 Å². The summed E-state index contributed by atoms with van der Waals surface area (Å²) >= 11 is 0. The van der Waals surface area contributed by atoms with Gasteiger partial charge in [-0.3, -0.25) is 4.68 Å². The SMILES string of the molecule is CCCCCNCc1ccnn1C. The van der Waals surface area contributed by atoms with Gasteiger partial charge in [-0.1, -0.05) is 19.8 Å². The van der Waals surface area contributed by atoms with Crippen LogP contribution in [0.2, 0.25) is 0 Å². The molecule has 0 aliphatic carbocycles. The lowest BCUT2D eigenvalue weighted by Crippen LogP contribution is -2.16. The molecule has 0 radical (unpaired) electrons. The summed E-state index contributed by atoms with van der Waals surface area (Å²) in [5.74, 6) is 0. The number of rotatable bonds is 6. The number of unbranched alkanes of at least 4 members (excludes halogenated alkanes) is 2. The van der Waals surface area contributed by atoms with Crippen LogP contribution in [0.1, 0.15) is 31.9 Å². The molecule has 0 atom stereocenters. The van der Waals surface area contributed by atoms with Crippen LogP contribution in [-0.4, -0.2) is 16.3 Å². The Bertz CT molecular complexity index is 230. The van der Waals surface area contributed by atoms with E-state index >= 15 is 0 Å². The van der Waals surface area contributed by atoms with E-state index in [2.05, 4.69) is 17.3 Å². The predicted octanol–water partition coefficient (Wildman–Crippen LogP) is 1.70. The fraction of sp³-hybridized carbons (Fsp3) is 0.700. The molecule has 0 aromatic carbocycles. The largest absolute Gasteiger partial charge is 0.311 e. The molecule has 3 nitrogen and oxygen atoms in total. The lowest BCUT2D eigenvalue weighted by Gasteiger charge is -2.04. The Morgan fingerprint density at radius 3 is 2.92 bits per heavy atom. The molecule has 0 amide bonds. The average molecular weight is 181 g/mol. The maximum Gasteiger partial charge on any atom is 0.0518 e. The fourth-order valence-corrected chi connectivity index (χ4v) is 1.29. The van der Waals surface area contributed by atoms with Crippen molar-refractivity contribution in [2.75, 3.05) is 6.54 Å². The Morgan fingerprint density at radius 1 is 1.46 bits per heavy atom. The Labute approximate surface area is 80.1 Å². The Hall–Kier alpha value is -0.830. The summed E-state index contributed by atoms with van der Waals surface area (Å²) in [5.41, 5.74) is 1.25. The fourth-order valence-electron chi connectivity index (χ4n) is 1.29. The van der Waals surface area contributed by atoms with Gasteiger partial charge in [0.05, 0.1) is 5.69 Å². The first-order valence-electron chi connectivity index (χ1n) is 5.02. The molecule has 74 valence electrons. The molecular weight excluding hydrogens is 162 g/mol. The molecule has 0 saturated heterocycles. The van der Waals surface area contributed by atoms with E-state index in [0.29, 0.717) is 0 Å². The third-order valence-electron chi connectivity index (χ3n) is 2.19. The van der Waals surface area contributed by atoms with E-state index < -0.39 is 0 Å². The monoisotopic (exact) mass is 181 g/mol. The molecule has 1 N–H and O–H groups in total. The van der Waals surface area contributed by atoms with Crippen LogP contribution in [0.5, 0.6) is 0 Å². The minimum Gasteiger partial charge on any atom is -0.311 e. The molecule has 13 heavy (non-hydrogen) atoms. The minimum atomic E-state index is 0.931. The summed E-state index contributed by atoms with van der Waals surface area (Å²) in [6.45, 7) is 4.26. The van der Waals surface area contributed by atoms with Gasteiger partial charge in [-0.05, 0) is 19.0 Å². The molecule has 0 aliphatic heterocycles. The van der Waals surface area contributed by atoms with E-state index in [9.17, 15) is 0 Å². The van der Waals surface area contributed by atoms with Crippen molar-refractivity contribution < 1.29 is 0 Å². The van der Waals surface area contributed by atoms with Crippen LogP contribution < -0.4 is 5.32 Å². The highest BCUT2D eigenvalue weighted by molar-refractivity contribution is 4.98. The Morgan fingerprint density at radius 2 is 2.31 bits per heavy atom. The van der Waals surface area contributed by atoms with Crippen molar-refractivity contribution >= 4 is 0 Å². The van der Waals surface area contributed by atoms with Gasteiger partial charge in [0.25, 0.3) is 0 Å². The van der Waals surface area contributed by atoms with Gasteiger partial charge in [-0.2, -0.15) is 5.10 Å². The van der Waals surface area contributed by atoms with Crippen LogP contribution in [0.25, 0.3) is 0 Å². The minimum absolute atomic E-state index is 0.931. The number of aryl methyl sites for hydroxylation is 1. The van der Waals surface area contributed by atoms with Gasteiger partial charge < -0.3 is 5.32 Å². The first-order chi connectivity index (χ1) is 6.34. The van der Waals surface area contributed by atoms with Crippen LogP contribution in [-0.2, 0) is 13.6 Å². The number of hydrogen-bond acceptors (Lipinski definition) is 2. The van der Waals surface area contributed by atoms with Crippen molar-refractivity contribution in [2.45, 2.75) is 32.7 Å². The highest BCUT2D eigenvalue weighted by Gasteiger charge is 1.95. The van der Waals surface area contributed by atoms with Crippen LogP contribution in [0.3, 0.4) is 0 Å². The van der Waals surface area contributed by atoms with Gasteiger partial charge in [-0.25, -0.2) is 0 Å². The van der Waals surface area contributed by atoms with Crippen molar-refractivity contribution in [3.63, 3.8) is 0 Å². The average Bonchev–Trinajstić information content (AvgIpc) is 2.52. The van der Waals surface area contributed by atoms with E-state index in [0.717, 1.165) is 13.1 Å². The second kappa shape index (κ2) is 5.75. The first kappa shape index (κ1) is 10.3. The van der Waals surface area contributed by atoms with E-state index in [1.807, 2.05) is 24.0 Å². The molecule has 0 bridgehead atoms. The lowest BCUT2D eigenvalue weighted by atomic mass is 10.2. The second-order valence-electron chi connectivity index (χ2n) is 3.33. The van der Waals surface area contributed by atoms with E-state index in [-0.39, 0.29) is 0 Å². The maximum atomic E-state index is 4.11. The lowest BCUT2D eigenvalue weighted by molar-refractivity contribution is 0.588. The van der Waals surface area contributed by atoms with Crippen molar-refractivity contribution in [3.05, 3.63) is 18.0 Å². The maximum absolute atomic E-state index is 4.11. The first-order valence-corrected chi connectivity index (χ1v) is 5.02. The highest BCUT2D eigenvalue weighted by Crippen LogP contribution is 1.96. The van der Waals surface area contributed by atoms with Gasteiger partial charge in [0, 0.05) is 19.8 Å². The third-order valence-corrected chi connectivity index (χ3v) is 2.19. The standard InChI is InChI=1S/C10H19N3/c1-3-4-5-7-11-9-10-6-8-12-13(10)2/h6,8,11H,3-5,7,9H2,1-2H3. The summed E-state index contributed by atoms with van der Waals surface area (Å²) in [6.07, 6.45) is 5.71. The molecule has 0 spiro atoms. The van der Waals surface area contributed by atoms with Crippen LogP contribution in [0.4, 0.5) is 0 Å². The van der Waals surface area contributed by atoms with Gasteiger partial charge >= 0.3 is 0 Å². The van der Waals surface area contributed by atoms with Crippen molar-refractivity contribution in [1.82, 2.24) is 15.1 Å². The quantitative estimate of drug-likeness (QED) is 0.677. The summed E-state index contributed by atoms with van der Waals surface area (Å²) < 4.78 is 1.91. The second-order valence-corrected chi connectivity index (χ2v) is 3.33. The van der Waals surface area contributed by atoms with Crippen LogP contribution in [0, 0.1) is 0 Å². The summed E-state index contributed by atoms with van der Waals surface area (Å²) in [4.78, 5) is 0. The molecule has 0 unspecified atom stereocenters. The molecule has 1 aromatic rings. The third kappa shape index (κ3) is 3.59. The summed E-state index contributed by atoms with van der Waals surface area (Å²) in [6, 6.07) is 2.05. The zero-order chi connectivity index (χ0) is 9.52. The van der Waals surface area contributed by atoms with Crippen LogP contribution >= 0.6 is 0 Å². The highest BCUT2D eigenvalue weighted by atomic mass is 15.3. The topological polar surface area (TPSA) is 29.9 Å². The number of nitrogens with one attached hydrogen (secondary N) is 1. The summed E-state index contributed by atoms with van der Waals surface area (Å²) in [5, 5.41) is 7.51. The number of hydrogen-bond donors (Lipinski definition) is 1. The molecule has 0 fully saturated rings. The van der Waals surface area contributed by atoms with Gasteiger partial charge in [0.2, 0.25) is 0 Å². The molecule has 3 heteroatoms. The molecule has 1 rings (SSSR count). The van der Waals surface area contributed by atoms with Gasteiger partial charge in [0.1, 0.15) is 0 Å². The van der Waals surface area contributed by atoms with Crippen molar-refractivity contribution in [3.8, 4) is 0 Å². The normalized spacial score (nSPS) is 10.6. The number of aromatic nitrogens is 2. The van der Waals surface area contributed by atoms with Crippen LogP contribution in [0.15, 0.2) is 12.3 Å². The zero-order valence-corrected chi connectivity index (χ0v) is 8.58.